The quantitative estimate of drug-likeness (QED) is 0.0147. The van der Waals surface area contributed by atoms with Gasteiger partial charge in [0.05, 0.1) is 44.6 Å². The first-order chi connectivity index (χ1) is 57.2. The number of amides is 13. The van der Waals surface area contributed by atoms with Crippen molar-refractivity contribution in [1.29, 1.82) is 0 Å². The molecule has 2 aromatic carbocycles. The molecule has 2 aliphatic rings. The number of guanidine groups is 1. The van der Waals surface area contributed by atoms with Gasteiger partial charge in [0, 0.05) is 100 Å². The molecule has 0 radical (unpaired) electrons. The normalized spacial score (nSPS) is 19.5. The zero-order chi connectivity index (χ0) is 86.5. The van der Waals surface area contributed by atoms with Crippen molar-refractivity contribution < 1.29 is 90.4 Å². The number of hydrogen-bond acceptors (Lipinski definition) is 21. The Hall–Kier alpha value is -10.6. The summed E-state index contributed by atoms with van der Waals surface area (Å²) in [5.74, 6) is -11.4. The summed E-state index contributed by atoms with van der Waals surface area (Å²) in [5, 5.41) is 49.2. The Morgan fingerprint density at radius 3 is 2.02 bits per heavy atom. The summed E-state index contributed by atoms with van der Waals surface area (Å²) in [6, 6.07) is 2.25. The number of primary amides is 1. The van der Waals surface area contributed by atoms with Gasteiger partial charge in [-0.2, -0.15) is 0 Å². The van der Waals surface area contributed by atoms with Gasteiger partial charge in [-0.15, -0.1) is 0 Å². The number of aliphatic hydroxyl groups is 2. The first-order valence-electron chi connectivity index (χ1n) is 41.3. The van der Waals surface area contributed by atoms with Crippen molar-refractivity contribution in [2.45, 2.75) is 248 Å². The standard InChI is InChI=1S/C80H123N19O19S/c1-3-5-7-8-9-10-11-12-13-17-31-69(104)98-119(115,116)41-23-32-67(102)86-37-38-117-39-40-118-50-70(105)90-64(44-54-47-84-51-89-54)76(111)97-65(49-100)77(112)93-59(27-6-4-2)72(107)94-61-33-34-68(103)85-35-21-20-29-58(71(81)106)91-75(110)63(43-53-46-88-57-28-19-18-26-56(53)57)95-73(108)60(30-22-36-87-80(82)83)92-74(109)62(42-52-24-15-14-16-25-52)96-78(113)66-45-55(101)48-99(66)79(61)114/h14-16,18-19,24-26,28,46-47,51,55,58-66,88,100-101H,3-13,17,20-23,27,29-45,48-50H2,1-2H3,(H2,81,106)(H,84,89)(H,85,103)(H,86,102)(H,90,105)(H,91,110)(H,92,109)(H,93,112)(H,94,107)(H,95,108)(H,96,113)(H,97,111)(H,98,104)(H4,82,83,87)/t55-,58+,59+,60+,61+,62-,63+,64+,65+,66+/m1/s1. The van der Waals surface area contributed by atoms with Crippen LogP contribution in [0.4, 0.5) is 0 Å². The average Bonchev–Trinajstić information content (AvgIpc) is 1.69. The fourth-order valence-corrected chi connectivity index (χ4v) is 14.8. The van der Waals surface area contributed by atoms with Gasteiger partial charge in [-0.3, -0.25) is 72.0 Å². The maximum Gasteiger partial charge on any atom is 0.246 e. The van der Waals surface area contributed by atoms with Crippen LogP contribution < -0.4 is 75.1 Å². The van der Waals surface area contributed by atoms with Crippen molar-refractivity contribution >= 4 is 104 Å². The lowest BCUT2D eigenvalue weighted by molar-refractivity contribution is -0.143. The van der Waals surface area contributed by atoms with Gasteiger partial charge in [0.1, 0.15) is 61.0 Å². The number of fused-ring (bicyclic) bond motifs is 2. The maximum atomic E-state index is 15.2. The second-order valence-corrected chi connectivity index (χ2v) is 31.8. The van der Waals surface area contributed by atoms with Crippen LogP contribution in [0.15, 0.2) is 78.3 Å². The minimum absolute atomic E-state index is 0.00508. The highest BCUT2D eigenvalue weighted by Gasteiger charge is 2.44. The van der Waals surface area contributed by atoms with Crippen LogP contribution in [0.5, 0.6) is 0 Å². The van der Waals surface area contributed by atoms with Gasteiger partial charge in [-0.1, -0.05) is 133 Å². The Labute approximate surface area is 693 Å². The summed E-state index contributed by atoms with van der Waals surface area (Å²) in [5.41, 5.74) is 19.4. The number of aliphatic imine (C=N–C) groups is 1. The summed E-state index contributed by atoms with van der Waals surface area (Å²) in [7, 11) is -3.92. The van der Waals surface area contributed by atoms with Crippen LogP contribution in [-0.4, -0.2) is 247 Å². The Balaban J connectivity index is 1.10. The lowest BCUT2D eigenvalue weighted by Crippen LogP contribution is -2.61. The number of hydrogen-bond donors (Lipinski definition) is 18. The van der Waals surface area contributed by atoms with Crippen molar-refractivity contribution in [3.05, 3.63) is 90.1 Å². The topological polar surface area (TPSA) is 585 Å². The molecule has 21 N–H and O–H groups in total. The summed E-state index contributed by atoms with van der Waals surface area (Å²) in [4.78, 5) is 197. The molecule has 4 aromatic rings. The van der Waals surface area contributed by atoms with E-state index in [4.69, 9.17) is 26.7 Å². The van der Waals surface area contributed by atoms with E-state index in [1.807, 2.05) is 18.2 Å². The van der Waals surface area contributed by atoms with Gasteiger partial charge in [-0.25, -0.2) is 13.4 Å². The van der Waals surface area contributed by atoms with Crippen molar-refractivity contribution in [2.24, 2.45) is 22.2 Å². The van der Waals surface area contributed by atoms with E-state index in [0.717, 1.165) is 41.5 Å². The molecule has 10 atom stereocenters. The third kappa shape index (κ3) is 36.2. The van der Waals surface area contributed by atoms with Gasteiger partial charge in [0.25, 0.3) is 0 Å². The number of sulfonamides is 1. The van der Waals surface area contributed by atoms with E-state index in [1.54, 1.807) is 49.5 Å². The monoisotopic (exact) mass is 1690 g/mol. The number of unbranched alkanes of at least 4 members (excludes halogenated alkanes) is 10. The summed E-state index contributed by atoms with van der Waals surface area (Å²) in [6.07, 6.45) is 13.2. The number of nitrogens with one attached hydrogen (secondary N) is 13. The minimum Gasteiger partial charge on any atom is -0.394 e. The molecule has 2 fully saturated rings. The molecule has 6 rings (SSSR count). The van der Waals surface area contributed by atoms with Crippen LogP contribution in [-0.2, 0) is 101 Å². The number of aromatic amines is 2. The van der Waals surface area contributed by atoms with E-state index in [-0.39, 0.29) is 129 Å². The van der Waals surface area contributed by atoms with Crippen LogP contribution in [0.2, 0.25) is 0 Å². The highest BCUT2D eigenvalue weighted by atomic mass is 32.2. The Morgan fingerprint density at radius 1 is 0.664 bits per heavy atom. The Kier molecular flexibility index (Phi) is 43.3. The van der Waals surface area contributed by atoms with Gasteiger partial charge in [0.15, 0.2) is 5.96 Å². The number of ether oxygens (including phenoxy) is 2. The molecule has 2 aliphatic heterocycles. The number of carbonyl (C=O) groups excluding carboxylic acids is 13. The molecule has 0 saturated carbocycles. The van der Waals surface area contributed by atoms with E-state index < -0.39 is 186 Å². The van der Waals surface area contributed by atoms with Crippen molar-refractivity contribution in [3.8, 4) is 0 Å². The number of imidazole rings is 1. The molecule has 2 aromatic heterocycles. The van der Waals surface area contributed by atoms with Gasteiger partial charge in [-0.05, 0) is 75.0 Å². The van der Waals surface area contributed by atoms with Crippen LogP contribution in [0.3, 0.4) is 0 Å². The molecule has 13 amide bonds. The van der Waals surface area contributed by atoms with Gasteiger partial charge < -0.3 is 105 Å². The van der Waals surface area contributed by atoms with Crippen LogP contribution in [0.25, 0.3) is 10.9 Å². The second-order valence-electron chi connectivity index (χ2n) is 29.9. The van der Waals surface area contributed by atoms with Crippen LogP contribution >= 0.6 is 0 Å². The summed E-state index contributed by atoms with van der Waals surface area (Å²) < 4.78 is 38.0. The maximum absolute atomic E-state index is 15.2. The van der Waals surface area contributed by atoms with Crippen molar-refractivity contribution in [1.82, 2.24) is 77.7 Å². The Morgan fingerprint density at radius 2 is 1.31 bits per heavy atom. The molecule has 4 heterocycles. The molecule has 0 bridgehead atoms. The molecule has 2 saturated heterocycles. The predicted molar refractivity (Wildman–Crippen MR) is 440 cm³/mol. The smallest absolute Gasteiger partial charge is 0.246 e. The molecule has 658 valence electrons. The zero-order valence-electron chi connectivity index (χ0n) is 68.2. The number of para-hydroxylation sites is 1. The van der Waals surface area contributed by atoms with Crippen LogP contribution in [0, 0.1) is 0 Å². The molecule has 119 heavy (non-hydrogen) atoms. The third-order valence-electron chi connectivity index (χ3n) is 20.2. The number of H-pyrrole nitrogens is 2. The number of nitrogens with two attached hydrogens (primary N) is 3. The number of aromatic nitrogens is 3. The van der Waals surface area contributed by atoms with Crippen molar-refractivity contribution in [2.75, 3.05) is 65.0 Å². The SMILES string of the molecule is CCCCCCCCCCCCC(=O)NS(=O)(=O)CCCC(=O)NCCOCCOCC(=O)N[C@@H](Cc1cnc[nH]1)C(=O)N[C@@H](CO)C(=O)N[C@@H](CCCC)C(=O)N[C@H]1CCC(=O)NCCCC[C@@H](C(N)=O)NC(=O)[C@H](Cc2c[nH]c3ccccc23)NC(=O)[C@H](CCCN=C(N)N)NC(=O)[C@@H](Cc2ccccc2)NC(=O)[C@@H]2C[C@@H](O)CN2C1=O. The lowest BCUT2D eigenvalue weighted by Gasteiger charge is -2.31. The van der Waals surface area contributed by atoms with E-state index in [9.17, 15) is 76.2 Å². The largest absolute Gasteiger partial charge is 0.394 e. The highest BCUT2D eigenvalue weighted by Crippen LogP contribution is 2.24. The molecular weight excluding hydrogens is 1560 g/mol. The van der Waals surface area contributed by atoms with E-state index in [0.29, 0.717) is 36.1 Å². The van der Waals surface area contributed by atoms with E-state index in [2.05, 4.69) is 84.8 Å². The lowest BCUT2D eigenvalue weighted by atomic mass is 10.0. The fourth-order valence-electron chi connectivity index (χ4n) is 13.7. The number of benzene rings is 2. The molecule has 0 unspecified atom stereocenters. The first kappa shape index (κ1) is 97.2. The Bertz CT molecular complexity index is 4060. The second kappa shape index (κ2) is 53.0. The van der Waals surface area contributed by atoms with E-state index >= 15 is 4.79 Å². The highest BCUT2D eigenvalue weighted by molar-refractivity contribution is 7.90. The number of carbonyl (C=O) groups is 13. The molecule has 38 nitrogen and oxygen atoms in total. The van der Waals surface area contributed by atoms with Gasteiger partial charge in [0.2, 0.25) is 86.8 Å². The average molecular weight is 1690 g/mol. The van der Waals surface area contributed by atoms with Crippen molar-refractivity contribution in [3.63, 3.8) is 0 Å². The fraction of sp³-hybridized carbons (Fsp3) is 0.613. The molecule has 0 spiro atoms. The zero-order valence-corrected chi connectivity index (χ0v) is 69.0. The number of rotatable bonds is 46. The minimum atomic E-state index is -3.92. The first-order valence-corrected chi connectivity index (χ1v) is 43.0. The summed E-state index contributed by atoms with van der Waals surface area (Å²) in [6.45, 7) is 1.88. The molecule has 39 heteroatoms. The predicted octanol–water partition coefficient (Wildman–Crippen LogP) is -0.753. The third-order valence-corrected chi connectivity index (χ3v) is 21.6. The molecule has 0 aliphatic carbocycles. The summed E-state index contributed by atoms with van der Waals surface area (Å²) >= 11 is 0. The van der Waals surface area contributed by atoms with E-state index in [1.165, 1.54) is 44.6 Å². The number of nitrogens with zero attached hydrogens (tertiary/aromatic N) is 3. The number of aliphatic hydroxyl groups excluding tert-OH is 2. The van der Waals surface area contributed by atoms with Gasteiger partial charge >= 0.3 is 0 Å². The van der Waals surface area contributed by atoms with Crippen LogP contribution in [0.1, 0.15) is 185 Å². The molecular formula is C80H123N19O19S.